The number of hydrogen-bond acceptors (Lipinski definition) is 5. The molecule has 0 radical (unpaired) electrons. The van der Waals surface area contributed by atoms with Crippen LogP contribution >= 0.6 is 0 Å². The summed E-state index contributed by atoms with van der Waals surface area (Å²) < 4.78 is 11.7. The highest BCUT2D eigenvalue weighted by molar-refractivity contribution is 6.15. The summed E-state index contributed by atoms with van der Waals surface area (Å²) in [6.07, 6.45) is 4.10. The Hall–Kier alpha value is -2.79. The molecular formula is C24H27NO4. The quantitative estimate of drug-likeness (QED) is 0.750. The van der Waals surface area contributed by atoms with Gasteiger partial charge in [-0.1, -0.05) is 25.1 Å². The fourth-order valence-corrected chi connectivity index (χ4v) is 4.13. The number of nitrogens with zero attached hydrogens (tertiary/aromatic N) is 1. The third-order valence-electron chi connectivity index (χ3n) is 5.54. The SMILES string of the molecule is CCOc1ccccc1/C=C1\Oc2c(ccc(O)c2CN2CCC[C@H](C)C2)C1=O. The summed E-state index contributed by atoms with van der Waals surface area (Å²) in [5.41, 5.74) is 1.98. The Balaban J connectivity index is 1.64. The van der Waals surface area contributed by atoms with Crippen LogP contribution in [-0.4, -0.2) is 35.5 Å². The van der Waals surface area contributed by atoms with Crippen molar-refractivity contribution in [1.82, 2.24) is 4.90 Å². The number of likely N-dealkylation sites (tertiary alicyclic amines) is 1. The Labute approximate surface area is 171 Å². The molecule has 2 aliphatic rings. The van der Waals surface area contributed by atoms with Gasteiger partial charge in [0.1, 0.15) is 17.2 Å². The number of phenols is 1. The first kappa shape index (κ1) is 19.5. The van der Waals surface area contributed by atoms with Crippen molar-refractivity contribution in [3.8, 4) is 17.2 Å². The third-order valence-corrected chi connectivity index (χ3v) is 5.54. The number of Topliss-reactive ketones (excluding diaryl/α,β-unsaturated/α-hetero) is 1. The van der Waals surface area contributed by atoms with Gasteiger partial charge < -0.3 is 14.6 Å². The van der Waals surface area contributed by atoms with Crippen molar-refractivity contribution in [3.63, 3.8) is 0 Å². The van der Waals surface area contributed by atoms with Crippen LogP contribution in [0.15, 0.2) is 42.2 Å². The van der Waals surface area contributed by atoms with Crippen LogP contribution in [0.5, 0.6) is 17.2 Å². The number of fused-ring (bicyclic) bond motifs is 1. The minimum absolute atomic E-state index is 0.167. The Morgan fingerprint density at radius 1 is 1.28 bits per heavy atom. The molecule has 0 aliphatic carbocycles. The molecule has 2 aromatic rings. The van der Waals surface area contributed by atoms with Crippen molar-refractivity contribution < 1.29 is 19.4 Å². The molecule has 1 atom stereocenters. The molecule has 1 fully saturated rings. The molecule has 152 valence electrons. The van der Waals surface area contributed by atoms with E-state index >= 15 is 0 Å². The molecule has 1 N–H and O–H groups in total. The molecule has 2 heterocycles. The standard InChI is InChI=1S/C24H27NO4/c1-3-28-21-9-5-4-8-17(21)13-22-23(27)18-10-11-20(26)19(24(18)29-22)15-25-12-6-7-16(2)14-25/h4-5,8-11,13,16,26H,3,6-7,12,14-15H2,1-2H3/b22-13-/t16-/m0/s1. The van der Waals surface area contributed by atoms with Gasteiger partial charge in [0, 0.05) is 18.7 Å². The van der Waals surface area contributed by atoms with Crippen LogP contribution in [0.1, 0.15) is 48.2 Å². The van der Waals surface area contributed by atoms with Gasteiger partial charge in [0.15, 0.2) is 5.76 Å². The van der Waals surface area contributed by atoms with E-state index < -0.39 is 0 Å². The molecule has 4 rings (SSSR count). The zero-order valence-corrected chi connectivity index (χ0v) is 17.0. The number of benzene rings is 2. The maximum atomic E-state index is 12.9. The fraction of sp³-hybridized carbons (Fsp3) is 0.375. The number of rotatable bonds is 5. The van der Waals surface area contributed by atoms with Crippen molar-refractivity contribution in [2.24, 2.45) is 5.92 Å². The highest BCUT2D eigenvalue weighted by Gasteiger charge is 2.32. The number of piperidine rings is 1. The molecular weight excluding hydrogens is 366 g/mol. The maximum absolute atomic E-state index is 12.9. The second-order valence-electron chi connectivity index (χ2n) is 7.83. The number of carbonyl (C=O) groups excluding carboxylic acids is 1. The van der Waals surface area contributed by atoms with E-state index in [4.69, 9.17) is 9.47 Å². The summed E-state index contributed by atoms with van der Waals surface area (Å²) in [5.74, 6) is 2.08. The summed E-state index contributed by atoms with van der Waals surface area (Å²) in [4.78, 5) is 15.3. The van der Waals surface area contributed by atoms with Crippen LogP contribution in [0.3, 0.4) is 0 Å². The summed E-state index contributed by atoms with van der Waals surface area (Å²) in [6, 6.07) is 10.8. The van der Waals surface area contributed by atoms with Crippen molar-refractivity contribution in [2.75, 3.05) is 19.7 Å². The van der Waals surface area contributed by atoms with E-state index in [2.05, 4.69) is 11.8 Å². The second kappa shape index (κ2) is 8.29. The van der Waals surface area contributed by atoms with Crippen LogP contribution in [0.25, 0.3) is 6.08 Å². The molecule has 29 heavy (non-hydrogen) atoms. The maximum Gasteiger partial charge on any atom is 0.231 e. The highest BCUT2D eigenvalue weighted by atomic mass is 16.5. The second-order valence-corrected chi connectivity index (χ2v) is 7.83. The fourth-order valence-electron chi connectivity index (χ4n) is 4.13. The summed E-state index contributed by atoms with van der Waals surface area (Å²) in [7, 11) is 0. The van der Waals surface area contributed by atoms with Crippen molar-refractivity contribution >= 4 is 11.9 Å². The van der Waals surface area contributed by atoms with Crippen LogP contribution in [0.4, 0.5) is 0 Å². The predicted molar refractivity (Wildman–Crippen MR) is 112 cm³/mol. The monoisotopic (exact) mass is 393 g/mol. The molecule has 2 aliphatic heterocycles. The molecule has 5 heteroatoms. The Bertz CT molecular complexity index is 950. The lowest BCUT2D eigenvalue weighted by Gasteiger charge is -2.31. The van der Waals surface area contributed by atoms with Crippen molar-refractivity contribution in [1.29, 1.82) is 0 Å². The lowest BCUT2D eigenvalue weighted by Crippen LogP contribution is -2.33. The van der Waals surface area contributed by atoms with Gasteiger partial charge in [0.2, 0.25) is 5.78 Å². The van der Waals surface area contributed by atoms with Gasteiger partial charge in [-0.3, -0.25) is 9.69 Å². The topological polar surface area (TPSA) is 59.0 Å². The number of ether oxygens (including phenoxy) is 2. The summed E-state index contributed by atoms with van der Waals surface area (Å²) in [5, 5.41) is 10.5. The number of hydrogen-bond donors (Lipinski definition) is 1. The number of aromatic hydroxyl groups is 1. The lowest BCUT2D eigenvalue weighted by molar-refractivity contribution is 0.101. The Morgan fingerprint density at radius 2 is 2.10 bits per heavy atom. The predicted octanol–water partition coefficient (Wildman–Crippen LogP) is 4.64. The Morgan fingerprint density at radius 3 is 2.90 bits per heavy atom. The van der Waals surface area contributed by atoms with Crippen LogP contribution in [0.2, 0.25) is 0 Å². The number of allylic oxidation sites excluding steroid dienone is 1. The van der Waals surface area contributed by atoms with Gasteiger partial charge in [-0.25, -0.2) is 0 Å². The normalized spacial score (nSPS) is 20.6. The number of phenolic OH excluding ortho intramolecular Hbond substituents is 1. The lowest BCUT2D eigenvalue weighted by atomic mass is 9.99. The minimum atomic E-state index is -0.167. The third kappa shape index (κ3) is 4.01. The van der Waals surface area contributed by atoms with E-state index in [0.29, 0.717) is 41.7 Å². The molecule has 1 saturated heterocycles. The van der Waals surface area contributed by atoms with Gasteiger partial charge in [0.25, 0.3) is 0 Å². The molecule has 0 amide bonds. The summed E-state index contributed by atoms with van der Waals surface area (Å²) >= 11 is 0. The van der Waals surface area contributed by atoms with Gasteiger partial charge >= 0.3 is 0 Å². The number of ketones is 1. The van der Waals surface area contributed by atoms with E-state index in [1.807, 2.05) is 31.2 Å². The largest absolute Gasteiger partial charge is 0.507 e. The van der Waals surface area contributed by atoms with Crippen LogP contribution in [0, 0.1) is 5.92 Å². The van der Waals surface area contributed by atoms with E-state index in [0.717, 1.165) is 25.1 Å². The molecule has 2 aromatic carbocycles. The molecule has 5 nitrogen and oxygen atoms in total. The summed E-state index contributed by atoms with van der Waals surface area (Å²) in [6.45, 7) is 7.27. The van der Waals surface area contributed by atoms with E-state index in [1.165, 1.54) is 6.42 Å². The average molecular weight is 393 g/mol. The number of carbonyl (C=O) groups is 1. The van der Waals surface area contributed by atoms with Crippen LogP contribution < -0.4 is 9.47 Å². The van der Waals surface area contributed by atoms with Crippen LogP contribution in [-0.2, 0) is 6.54 Å². The van der Waals surface area contributed by atoms with E-state index in [-0.39, 0.29) is 17.3 Å². The van der Waals surface area contributed by atoms with E-state index in [9.17, 15) is 9.90 Å². The number of para-hydroxylation sites is 1. The molecule has 0 spiro atoms. The first-order valence-corrected chi connectivity index (χ1v) is 10.3. The molecule has 0 saturated carbocycles. The van der Waals surface area contributed by atoms with Gasteiger partial charge in [0.05, 0.1) is 17.7 Å². The van der Waals surface area contributed by atoms with E-state index in [1.54, 1.807) is 18.2 Å². The van der Waals surface area contributed by atoms with Gasteiger partial charge in [-0.15, -0.1) is 0 Å². The smallest absolute Gasteiger partial charge is 0.231 e. The molecule has 0 bridgehead atoms. The first-order chi connectivity index (χ1) is 14.1. The zero-order chi connectivity index (χ0) is 20.4. The first-order valence-electron chi connectivity index (χ1n) is 10.3. The van der Waals surface area contributed by atoms with Crippen molar-refractivity contribution in [2.45, 2.75) is 33.2 Å². The molecule has 0 unspecified atom stereocenters. The highest BCUT2D eigenvalue weighted by Crippen LogP contribution is 2.41. The minimum Gasteiger partial charge on any atom is -0.507 e. The van der Waals surface area contributed by atoms with Gasteiger partial charge in [-0.05, 0) is 56.5 Å². The molecule has 0 aromatic heterocycles. The Kier molecular flexibility index (Phi) is 5.58. The van der Waals surface area contributed by atoms with Crippen molar-refractivity contribution in [3.05, 3.63) is 58.8 Å². The van der Waals surface area contributed by atoms with Gasteiger partial charge in [-0.2, -0.15) is 0 Å². The zero-order valence-electron chi connectivity index (χ0n) is 17.0. The average Bonchev–Trinajstić information content (AvgIpc) is 3.02.